The molecule has 10 rings (SSSR count). The van der Waals surface area contributed by atoms with Crippen LogP contribution in [-0.4, -0.2) is 60.2 Å². The molecule has 23 heteroatoms. The molecular weight excluding hydrogens is 934 g/mol. The molecule has 0 amide bonds. The summed E-state index contributed by atoms with van der Waals surface area (Å²) < 4.78 is 39.3. The van der Waals surface area contributed by atoms with Gasteiger partial charge in [0.05, 0.1) is 51.0 Å². The molecule has 8 aromatic heterocycles. The van der Waals surface area contributed by atoms with E-state index >= 15 is 0 Å². The summed E-state index contributed by atoms with van der Waals surface area (Å²) in [6.07, 6.45) is 5.81. The third kappa shape index (κ3) is 10.2. The quantitative estimate of drug-likeness (QED) is 0.103. The Morgan fingerprint density at radius 1 is 0.620 bits per heavy atom. The van der Waals surface area contributed by atoms with E-state index in [1.54, 1.807) is 50.5 Å². The molecule has 0 saturated carbocycles. The number of hydrogen-bond acceptors (Lipinski definition) is 20. The minimum Gasteiger partial charge on any atom is -0.382 e. The number of nitrogens with two attached hydrogens (primary N) is 3. The highest BCUT2D eigenvalue weighted by Gasteiger charge is 2.28. The van der Waals surface area contributed by atoms with E-state index in [1.807, 2.05) is 50.2 Å². The zero-order valence-electron chi connectivity index (χ0n) is 37.8. The van der Waals surface area contributed by atoms with Gasteiger partial charge in [0.15, 0.2) is 16.8 Å². The summed E-state index contributed by atoms with van der Waals surface area (Å²) in [7, 11) is 0. The highest BCUT2D eigenvalue weighted by Crippen LogP contribution is 2.42. The summed E-state index contributed by atoms with van der Waals surface area (Å²) in [5, 5.41) is 30.1. The Balaban J connectivity index is 0.000000164. The van der Waals surface area contributed by atoms with Gasteiger partial charge in [-0.2, -0.15) is 20.5 Å². The molecule has 71 heavy (non-hydrogen) atoms. The molecule has 7 N–H and O–H groups in total. The van der Waals surface area contributed by atoms with Crippen molar-refractivity contribution in [2.45, 2.75) is 39.8 Å². The van der Waals surface area contributed by atoms with Gasteiger partial charge in [0.25, 0.3) is 11.8 Å². The van der Waals surface area contributed by atoms with Crippen LogP contribution in [0.15, 0.2) is 107 Å². The fourth-order valence-corrected chi connectivity index (χ4v) is 7.49. The number of benzene rings is 2. The van der Waals surface area contributed by atoms with Gasteiger partial charge < -0.3 is 31.6 Å². The lowest BCUT2D eigenvalue weighted by atomic mass is 9.94. The lowest BCUT2D eigenvalue weighted by Crippen LogP contribution is -2.14. The Labute approximate surface area is 406 Å². The SMILES string of the molecule is Cc1noc(-c2c(-c3ccccn3)c(C(C)N)nc3ccc(F)cc23)n1.Cc1noc(-c2c(-c3ccccn3)c(C(C)Nc3ncnc(N)c3C#N)nc3ccc(F)cc23)n1.N#Cc1c(N)ncnc1Cl. The van der Waals surface area contributed by atoms with Crippen LogP contribution in [0.3, 0.4) is 0 Å². The summed E-state index contributed by atoms with van der Waals surface area (Å²) in [5.41, 5.74) is 23.4. The molecule has 8 heterocycles. The summed E-state index contributed by atoms with van der Waals surface area (Å²) in [4.78, 5) is 42.4. The zero-order chi connectivity index (χ0) is 50.3. The first kappa shape index (κ1) is 48.0. The van der Waals surface area contributed by atoms with Gasteiger partial charge in [-0.3, -0.25) is 15.0 Å². The molecule has 0 radical (unpaired) electrons. The Bertz CT molecular complexity index is 3640. The summed E-state index contributed by atoms with van der Waals surface area (Å²) in [6, 6.07) is 22.6. The monoisotopic (exact) mass is 970 g/mol. The van der Waals surface area contributed by atoms with Crippen molar-refractivity contribution in [2.24, 2.45) is 5.73 Å². The maximum atomic E-state index is 14.4. The van der Waals surface area contributed by atoms with Crippen LogP contribution >= 0.6 is 11.6 Å². The van der Waals surface area contributed by atoms with E-state index in [-0.39, 0.29) is 57.4 Å². The first-order valence-corrected chi connectivity index (χ1v) is 21.5. The zero-order valence-corrected chi connectivity index (χ0v) is 38.6. The molecule has 0 spiro atoms. The van der Waals surface area contributed by atoms with Gasteiger partial charge in [-0.15, -0.1) is 0 Å². The van der Waals surface area contributed by atoms with Crippen LogP contribution in [0.2, 0.25) is 5.15 Å². The van der Waals surface area contributed by atoms with E-state index < -0.39 is 11.9 Å². The van der Waals surface area contributed by atoms with Crippen LogP contribution in [0.1, 0.15) is 60.1 Å². The predicted octanol–water partition coefficient (Wildman–Crippen LogP) is 8.61. The van der Waals surface area contributed by atoms with Crippen LogP contribution in [0, 0.1) is 48.1 Å². The standard InChI is InChI=1S/C24H18FN9O.C19H16FN5O.C5H3ClN4/c1-12(31-23-16(10-26)22(27)29-11-30-23)21-20(18-5-3-4-8-28-18)19(24-32-13(2)34-35-24)15-9-14(25)6-7-17(15)33-21;1-10(21)18-17(15-5-3-4-8-22-15)16(19-23-11(2)25-26-19)13-9-12(20)6-7-14(13)24-18;6-4-3(1-7)5(8)10-2-9-4/h3-9,11-12H,1-2H3,(H3,27,29,30,31);3-10H,21H2,1-2H3;2H,(H2,8,9,10). The molecule has 20 nitrogen and oxygen atoms in total. The van der Waals surface area contributed by atoms with Gasteiger partial charge in [0.2, 0.25) is 0 Å². The predicted molar refractivity (Wildman–Crippen MR) is 258 cm³/mol. The number of fused-ring (bicyclic) bond motifs is 2. The van der Waals surface area contributed by atoms with Gasteiger partial charge in [-0.25, -0.2) is 33.7 Å². The fraction of sp³-hybridized carbons (Fsp3) is 0.125. The minimum absolute atomic E-state index is 0.0612. The Hall–Kier alpha value is -9.51. The largest absolute Gasteiger partial charge is 0.382 e. The number of nitrogens with zero attached hydrogens (tertiary/aromatic N) is 14. The van der Waals surface area contributed by atoms with Gasteiger partial charge in [-0.1, -0.05) is 34.0 Å². The highest BCUT2D eigenvalue weighted by atomic mass is 35.5. The number of nitrogens with one attached hydrogen (secondary N) is 1. The van der Waals surface area contributed by atoms with Crippen LogP contribution in [0.4, 0.5) is 26.2 Å². The second-order valence-corrected chi connectivity index (χ2v) is 15.7. The molecule has 2 aromatic carbocycles. The minimum atomic E-state index is -0.495. The van der Waals surface area contributed by atoms with Crippen LogP contribution < -0.4 is 22.5 Å². The number of rotatable bonds is 8. The molecule has 0 aliphatic carbocycles. The van der Waals surface area contributed by atoms with Crippen molar-refractivity contribution in [1.29, 1.82) is 10.5 Å². The smallest absolute Gasteiger partial charge is 0.259 e. The third-order valence-electron chi connectivity index (χ3n) is 10.4. The Kier molecular flexibility index (Phi) is 14.0. The Morgan fingerprint density at radius 2 is 1.11 bits per heavy atom. The molecule has 10 aromatic rings. The van der Waals surface area contributed by atoms with E-state index in [9.17, 15) is 14.0 Å². The van der Waals surface area contributed by atoms with E-state index in [4.69, 9.17) is 48.1 Å². The van der Waals surface area contributed by atoms with Crippen molar-refractivity contribution in [2.75, 3.05) is 16.8 Å². The highest BCUT2D eigenvalue weighted by molar-refractivity contribution is 6.30. The number of aromatic nitrogens is 12. The number of hydrogen-bond donors (Lipinski definition) is 4. The number of nitriles is 2. The summed E-state index contributed by atoms with van der Waals surface area (Å²) >= 11 is 5.48. The maximum Gasteiger partial charge on any atom is 0.259 e. The summed E-state index contributed by atoms with van der Waals surface area (Å²) in [6.45, 7) is 7.12. The molecular formula is C48H37ClF2N18O2. The molecule has 2 unspecified atom stereocenters. The van der Waals surface area contributed by atoms with Crippen molar-refractivity contribution in [3.05, 3.63) is 149 Å². The number of aryl methyl sites for hydroxylation is 2. The van der Waals surface area contributed by atoms with E-state index in [1.165, 1.54) is 36.9 Å². The van der Waals surface area contributed by atoms with Crippen LogP contribution in [0.5, 0.6) is 0 Å². The van der Waals surface area contributed by atoms with Crippen molar-refractivity contribution in [3.8, 4) is 57.6 Å². The third-order valence-corrected chi connectivity index (χ3v) is 10.7. The Morgan fingerprint density at radius 3 is 1.55 bits per heavy atom. The van der Waals surface area contributed by atoms with Gasteiger partial charge in [-0.05, 0) is 88.4 Å². The van der Waals surface area contributed by atoms with E-state index in [0.717, 1.165) is 0 Å². The normalized spacial score (nSPS) is 11.6. The van der Waals surface area contributed by atoms with Crippen molar-refractivity contribution < 1.29 is 17.8 Å². The summed E-state index contributed by atoms with van der Waals surface area (Å²) in [5.74, 6) is 1.02. The van der Waals surface area contributed by atoms with Crippen molar-refractivity contribution >= 4 is 50.9 Å². The van der Waals surface area contributed by atoms with Gasteiger partial charge in [0.1, 0.15) is 65.0 Å². The second-order valence-electron chi connectivity index (χ2n) is 15.3. The average Bonchev–Trinajstić information content (AvgIpc) is 4.01. The van der Waals surface area contributed by atoms with Crippen molar-refractivity contribution in [1.82, 2.24) is 60.2 Å². The van der Waals surface area contributed by atoms with E-state index in [0.29, 0.717) is 78.5 Å². The number of anilines is 3. The topological polar surface area (TPSA) is 319 Å². The molecule has 0 saturated heterocycles. The van der Waals surface area contributed by atoms with Gasteiger partial charge >= 0.3 is 0 Å². The maximum absolute atomic E-state index is 14.4. The van der Waals surface area contributed by atoms with Crippen molar-refractivity contribution in [3.63, 3.8) is 0 Å². The molecule has 0 aliphatic rings. The lowest BCUT2D eigenvalue weighted by molar-refractivity contribution is 0.426. The van der Waals surface area contributed by atoms with Crippen LogP contribution in [0.25, 0.3) is 67.2 Å². The molecule has 0 fully saturated rings. The number of halogens is 3. The van der Waals surface area contributed by atoms with E-state index in [2.05, 4.69) is 60.5 Å². The van der Waals surface area contributed by atoms with Gasteiger partial charge in [0, 0.05) is 40.3 Å². The molecule has 0 bridgehead atoms. The fourth-order valence-electron chi connectivity index (χ4n) is 7.31. The first-order chi connectivity index (χ1) is 34.3. The molecule has 0 aliphatic heterocycles. The second kappa shape index (κ2) is 20.8. The average molecular weight is 971 g/mol. The molecule has 352 valence electrons. The number of nitrogen functional groups attached to an aromatic ring is 2. The van der Waals surface area contributed by atoms with Crippen LogP contribution in [-0.2, 0) is 0 Å². The number of pyridine rings is 4. The first-order valence-electron chi connectivity index (χ1n) is 21.1. The molecule has 2 atom stereocenters. The lowest BCUT2D eigenvalue weighted by Gasteiger charge is -2.21.